The van der Waals surface area contributed by atoms with Gasteiger partial charge in [0.05, 0.1) is 26.5 Å². The van der Waals surface area contributed by atoms with Crippen LogP contribution in [0.2, 0.25) is 0 Å². The summed E-state index contributed by atoms with van der Waals surface area (Å²) in [5.41, 5.74) is 7.71. The lowest BCUT2D eigenvalue weighted by atomic mass is 10.2. The Bertz CT molecular complexity index is 560. The van der Waals surface area contributed by atoms with E-state index in [4.69, 9.17) is 19.9 Å². The number of ether oxygens (including phenoxy) is 3. The number of urea groups is 1. The average Bonchev–Trinajstić information content (AvgIpc) is 2.52. The SMILES string of the molecule is CCOC(=O)CCCOc1cc(C=NNC(N)=O)ccc1OC. The number of nitrogens with two attached hydrogens (primary N) is 1. The van der Waals surface area contributed by atoms with Gasteiger partial charge in [-0.2, -0.15) is 5.10 Å². The van der Waals surface area contributed by atoms with Crippen molar-refractivity contribution in [2.45, 2.75) is 19.8 Å². The lowest BCUT2D eigenvalue weighted by molar-refractivity contribution is -0.143. The van der Waals surface area contributed by atoms with Gasteiger partial charge in [-0.25, -0.2) is 10.2 Å². The molecule has 8 nitrogen and oxygen atoms in total. The molecule has 1 aromatic carbocycles. The molecule has 23 heavy (non-hydrogen) atoms. The predicted molar refractivity (Wildman–Crippen MR) is 84.7 cm³/mol. The van der Waals surface area contributed by atoms with Gasteiger partial charge >= 0.3 is 12.0 Å². The van der Waals surface area contributed by atoms with Gasteiger partial charge in [0.15, 0.2) is 11.5 Å². The summed E-state index contributed by atoms with van der Waals surface area (Å²) in [6, 6.07) is 4.42. The first-order chi connectivity index (χ1) is 11.1. The summed E-state index contributed by atoms with van der Waals surface area (Å²) in [5, 5.41) is 3.67. The van der Waals surface area contributed by atoms with Gasteiger partial charge in [0.1, 0.15) is 0 Å². The van der Waals surface area contributed by atoms with E-state index in [0.717, 1.165) is 0 Å². The van der Waals surface area contributed by atoms with Crippen LogP contribution in [-0.2, 0) is 9.53 Å². The third-order valence-electron chi connectivity index (χ3n) is 2.66. The zero-order valence-electron chi connectivity index (χ0n) is 13.2. The normalized spacial score (nSPS) is 10.3. The summed E-state index contributed by atoms with van der Waals surface area (Å²) in [7, 11) is 1.53. The lowest BCUT2D eigenvalue weighted by Crippen LogP contribution is -2.24. The van der Waals surface area contributed by atoms with E-state index >= 15 is 0 Å². The predicted octanol–water partition coefficient (Wildman–Crippen LogP) is 1.42. The van der Waals surface area contributed by atoms with E-state index < -0.39 is 6.03 Å². The highest BCUT2D eigenvalue weighted by atomic mass is 16.5. The zero-order chi connectivity index (χ0) is 17.1. The fraction of sp³-hybridized carbons (Fsp3) is 0.400. The van der Waals surface area contributed by atoms with Crippen LogP contribution in [0, 0.1) is 0 Å². The van der Waals surface area contributed by atoms with Gasteiger partial charge < -0.3 is 19.9 Å². The monoisotopic (exact) mass is 323 g/mol. The first-order valence-corrected chi connectivity index (χ1v) is 7.11. The highest BCUT2D eigenvalue weighted by Crippen LogP contribution is 2.27. The molecule has 0 atom stereocenters. The standard InChI is InChI=1S/C15H21N3O5/c1-3-22-14(19)5-4-8-23-13-9-11(6-7-12(13)21-2)10-17-18-15(16)20/h6-7,9-10H,3-5,8H2,1-2H3,(H3,16,18,20). The largest absolute Gasteiger partial charge is 0.493 e. The Hall–Kier alpha value is -2.77. The third-order valence-corrected chi connectivity index (χ3v) is 2.66. The number of methoxy groups -OCH3 is 1. The van der Waals surface area contributed by atoms with Gasteiger partial charge in [-0.15, -0.1) is 0 Å². The summed E-state index contributed by atoms with van der Waals surface area (Å²) >= 11 is 0. The number of nitrogens with zero attached hydrogens (tertiary/aromatic N) is 1. The topological polar surface area (TPSA) is 112 Å². The van der Waals surface area contributed by atoms with Crippen molar-refractivity contribution < 1.29 is 23.8 Å². The van der Waals surface area contributed by atoms with Crippen molar-refractivity contribution in [3.05, 3.63) is 23.8 Å². The second kappa shape index (κ2) is 10.0. The second-order valence-corrected chi connectivity index (χ2v) is 4.40. The Morgan fingerprint density at radius 2 is 2.13 bits per heavy atom. The van der Waals surface area contributed by atoms with Crippen molar-refractivity contribution in [1.82, 2.24) is 5.43 Å². The molecule has 0 heterocycles. The average molecular weight is 323 g/mol. The van der Waals surface area contributed by atoms with Gasteiger partial charge in [0.25, 0.3) is 0 Å². The highest BCUT2D eigenvalue weighted by Gasteiger charge is 2.06. The fourth-order valence-corrected chi connectivity index (χ4v) is 1.69. The molecule has 2 amide bonds. The number of esters is 1. The molecule has 0 spiro atoms. The van der Waals surface area contributed by atoms with E-state index in [0.29, 0.717) is 43.1 Å². The van der Waals surface area contributed by atoms with Crippen LogP contribution >= 0.6 is 0 Å². The molecule has 8 heteroatoms. The number of benzene rings is 1. The van der Waals surface area contributed by atoms with E-state index in [-0.39, 0.29) is 5.97 Å². The maximum Gasteiger partial charge on any atom is 0.332 e. The number of hydrazone groups is 1. The zero-order valence-corrected chi connectivity index (χ0v) is 13.2. The van der Waals surface area contributed by atoms with E-state index in [2.05, 4.69) is 10.5 Å². The number of carbonyl (C=O) groups excluding carboxylic acids is 2. The Kier molecular flexibility index (Phi) is 7.98. The molecule has 126 valence electrons. The maximum atomic E-state index is 11.2. The lowest BCUT2D eigenvalue weighted by Gasteiger charge is -2.11. The molecule has 0 bridgehead atoms. The van der Waals surface area contributed by atoms with Crippen LogP contribution in [0.1, 0.15) is 25.3 Å². The van der Waals surface area contributed by atoms with E-state index in [1.54, 1.807) is 25.1 Å². The minimum Gasteiger partial charge on any atom is -0.493 e. The molecule has 0 aromatic heterocycles. The van der Waals surface area contributed by atoms with Crippen LogP contribution in [0.15, 0.2) is 23.3 Å². The van der Waals surface area contributed by atoms with Crippen molar-refractivity contribution in [1.29, 1.82) is 0 Å². The first-order valence-electron chi connectivity index (χ1n) is 7.11. The van der Waals surface area contributed by atoms with Crippen molar-refractivity contribution in [2.24, 2.45) is 10.8 Å². The van der Waals surface area contributed by atoms with Gasteiger partial charge in [-0.3, -0.25) is 4.79 Å². The number of hydrogen-bond donors (Lipinski definition) is 2. The number of rotatable bonds is 9. The maximum absolute atomic E-state index is 11.2. The van der Waals surface area contributed by atoms with Crippen molar-refractivity contribution in [3.8, 4) is 11.5 Å². The molecule has 0 saturated carbocycles. The molecule has 0 aliphatic heterocycles. The Morgan fingerprint density at radius 1 is 1.35 bits per heavy atom. The fourth-order valence-electron chi connectivity index (χ4n) is 1.69. The minimum absolute atomic E-state index is 0.249. The Balaban J connectivity index is 2.59. The summed E-state index contributed by atoms with van der Waals surface area (Å²) in [5.74, 6) is 0.821. The Labute approximate surface area is 134 Å². The molecule has 1 rings (SSSR count). The summed E-state index contributed by atoms with van der Waals surface area (Å²) < 4.78 is 15.7. The van der Waals surface area contributed by atoms with Crippen LogP contribution in [0.5, 0.6) is 11.5 Å². The number of nitrogens with one attached hydrogen (secondary N) is 1. The van der Waals surface area contributed by atoms with Gasteiger partial charge in [0, 0.05) is 6.42 Å². The first kappa shape index (κ1) is 18.3. The number of hydrogen-bond acceptors (Lipinski definition) is 6. The number of primary amides is 1. The number of amides is 2. The van der Waals surface area contributed by atoms with Crippen molar-refractivity contribution >= 4 is 18.2 Å². The molecule has 0 saturated heterocycles. The molecular formula is C15H21N3O5. The van der Waals surface area contributed by atoms with Crippen LogP contribution in [0.25, 0.3) is 0 Å². The summed E-state index contributed by atoms with van der Waals surface area (Å²) in [6.07, 6.45) is 2.25. The highest BCUT2D eigenvalue weighted by molar-refractivity contribution is 5.82. The van der Waals surface area contributed by atoms with Crippen LogP contribution in [0.4, 0.5) is 4.79 Å². The third kappa shape index (κ3) is 7.16. The van der Waals surface area contributed by atoms with E-state index in [1.807, 2.05) is 0 Å². The smallest absolute Gasteiger partial charge is 0.332 e. The van der Waals surface area contributed by atoms with Gasteiger partial charge in [0.2, 0.25) is 0 Å². The second-order valence-electron chi connectivity index (χ2n) is 4.40. The molecule has 0 aliphatic carbocycles. The van der Waals surface area contributed by atoms with Gasteiger partial charge in [-0.05, 0) is 37.1 Å². The molecule has 0 aliphatic rings. The molecule has 0 radical (unpaired) electrons. The number of carbonyl (C=O) groups is 2. The van der Waals surface area contributed by atoms with Gasteiger partial charge in [-0.1, -0.05) is 0 Å². The molecular weight excluding hydrogens is 302 g/mol. The van der Waals surface area contributed by atoms with Crippen molar-refractivity contribution in [3.63, 3.8) is 0 Å². The molecule has 3 N–H and O–H groups in total. The van der Waals surface area contributed by atoms with Crippen LogP contribution in [0.3, 0.4) is 0 Å². The van der Waals surface area contributed by atoms with Crippen LogP contribution in [-0.4, -0.2) is 38.5 Å². The minimum atomic E-state index is -0.745. The summed E-state index contributed by atoms with van der Waals surface area (Å²) in [6.45, 7) is 2.48. The van der Waals surface area contributed by atoms with Crippen molar-refractivity contribution in [2.75, 3.05) is 20.3 Å². The molecule has 0 fully saturated rings. The molecule has 0 unspecified atom stereocenters. The van der Waals surface area contributed by atoms with E-state index in [9.17, 15) is 9.59 Å². The molecule has 1 aromatic rings. The quantitative estimate of drug-likeness (QED) is 0.309. The van der Waals surface area contributed by atoms with Crippen LogP contribution < -0.4 is 20.6 Å². The van der Waals surface area contributed by atoms with E-state index in [1.165, 1.54) is 13.3 Å². The Morgan fingerprint density at radius 3 is 2.78 bits per heavy atom. The summed E-state index contributed by atoms with van der Waals surface area (Å²) in [4.78, 5) is 21.8.